The lowest BCUT2D eigenvalue weighted by Crippen LogP contribution is -2.35. The summed E-state index contributed by atoms with van der Waals surface area (Å²) in [5.74, 6) is 0.727. The Morgan fingerprint density at radius 1 is 1.47 bits per heavy atom. The summed E-state index contributed by atoms with van der Waals surface area (Å²) < 4.78 is 1.58. The summed E-state index contributed by atoms with van der Waals surface area (Å²) in [7, 11) is 1.77. The van der Waals surface area contributed by atoms with Crippen LogP contribution in [0.3, 0.4) is 0 Å². The maximum atomic E-state index is 12.0. The van der Waals surface area contributed by atoms with Gasteiger partial charge < -0.3 is 5.32 Å². The molecule has 1 aromatic heterocycles. The molecule has 0 aliphatic heterocycles. The highest BCUT2D eigenvalue weighted by atomic mass is 32.2. The van der Waals surface area contributed by atoms with Gasteiger partial charge in [-0.2, -0.15) is 0 Å². The van der Waals surface area contributed by atoms with Crippen LogP contribution in [0.15, 0.2) is 5.16 Å². The second-order valence-corrected chi connectivity index (χ2v) is 6.40. The van der Waals surface area contributed by atoms with E-state index in [1.54, 1.807) is 11.7 Å². The maximum absolute atomic E-state index is 12.0. The van der Waals surface area contributed by atoms with Crippen molar-refractivity contribution in [1.82, 2.24) is 25.5 Å². The fraction of sp³-hybridized carbons (Fsp3) is 0.833. The Balaban J connectivity index is 1.74. The molecule has 1 aliphatic rings. The first-order valence-corrected chi connectivity index (χ1v) is 7.71. The van der Waals surface area contributed by atoms with E-state index in [4.69, 9.17) is 0 Å². The average molecular weight is 283 g/mol. The highest BCUT2D eigenvalue weighted by Gasteiger charge is 2.19. The van der Waals surface area contributed by atoms with Crippen LogP contribution in [0.4, 0.5) is 0 Å². The molecule has 0 bridgehead atoms. The summed E-state index contributed by atoms with van der Waals surface area (Å²) in [6, 6.07) is 0. The van der Waals surface area contributed by atoms with Crippen molar-refractivity contribution < 1.29 is 4.79 Å². The van der Waals surface area contributed by atoms with E-state index in [1.165, 1.54) is 43.9 Å². The summed E-state index contributed by atoms with van der Waals surface area (Å²) >= 11 is 1.39. The van der Waals surface area contributed by atoms with Crippen molar-refractivity contribution in [2.75, 3.05) is 6.54 Å². The predicted octanol–water partition coefficient (Wildman–Crippen LogP) is 1.39. The molecule has 6 nitrogen and oxygen atoms in total. The van der Waals surface area contributed by atoms with Gasteiger partial charge in [0.05, 0.1) is 5.25 Å². The first-order chi connectivity index (χ1) is 9.16. The van der Waals surface area contributed by atoms with Crippen molar-refractivity contribution in [3.05, 3.63) is 0 Å². The van der Waals surface area contributed by atoms with Crippen LogP contribution in [0, 0.1) is 5.92 Å². The largest absolute Gasteiger partial charge is 0.355 e. The third-order valence-electron chi connectivity index (χ3n) is 3.52. The van der Waals surface area contributed by atoms with Crippen molar-refractivity contribution in [2.45, 2.75) is 49.4 Å². The standard InChI is InChI=1S/C12H21N5OS/c1-9(19-12-14-15-16-17(12)2)11(18)13-8-10-6-4-3-5-7-10/h9-10H,3-8H2,1-2H3,(H,13,18). The number of hydrogen-bond donors (Lipinski definition) is 1. The SMILES string of the molecule is CC(Sc1nnnn1C)C(=O)NCC1CCCCC1. The van der Waals surface area contributed by atoms with Gasteiger partial charge in [0.25, 0.3) is 0 Å². The number of nitrogens with zero attached hydrogens (tertiary/aromatic N) is 4. The summed E-state index contributed by atoms with van der Waals surface area (Å²) in [5.41, 5.74) is 0. The van der Waals surface area contributed by atoms with E-state index in [2.05, 4.69) is 20.8 Å². The van der Waals surface area contributed by atoms with E-state index >= 15 is 0 Å². The number of carbonyl (C=O) groups excluding carboxylic acids is 1. The zero-order valence-corrected chi connectivity index (χ0v) is 12.3. The number of rotatable bonds is 5. The van der Waals surface area contributed by atoms with Gasteiger partial charge in [-0.15, -0.1) is 5.10 Å². The molecule has 1 saturated carbocycles. The maximum Gasteiger partial charge on any atom is 0.233 e. The van der Waals surface area contributed by atoms with Crippen LogP contribution < -0.4 is 5.32 Å². The fourth-order valence-corrected chi connectivity index (χ4v) is 3.09. The molecule has 0 aromatic carbocycles. The van der Waals surface area contributed by atoms with Crippen molar-refractivity contribution in [1.29, 1.82) is 0 Å². The van der Waals surface area contributed by atoms with Crippen LogP contribution in [0.25, 0.3) is 0 Å². The molecule has 1 atom stereocenters. The van der Waals surface area contributed by atoms with E-state index in [0.29, 0.717) is 11.1 Å². The van der Waals surface area contributed by atoms with E-state index in [1.807, 2.05) is 6.92 Å². The van der Waals surface area contributed by atoms with Crippen molar-refractivity contribution in [3.8, 4) is 0 Å². The topological polar surface area (TPSA) is 72.7 Å². The van der Waals surface area contributed by atoms with E-state index < -0.39 is 0 Å². The summed E-state index contributed by atoms with van der Waals surface area (Å²) in [4.78, 5) is 12.0. The Kier molecular flexibility index (Phi) is 5.18. The van der Waals surface area contributed by atoms with Crippen molar-refractivity contribution >= 4 is 17.7 Å². The Hall–Kier alpha value is -1.11. The quantitative estimate of drug-likeness (QED) is 0.827. The number of thioether (sulfide) groups is 1. The second-order valence-electron chi connectivity index (χ2n) is 5.09. The molecule has 1 unspecified atom stereocenters. The van der Waals surface area contributed by atoms with Crippen LogP contribution in [0.1, 0.15) is 39.0 Å². The molecule has 1 amide bonds. The van der Waals surface area contributed by atoms with Crippen LogP contribution in [-0.4, -0.2) is 37.9 Å². The Morgan fingerprint density at radius 3 is 2.84 bits per heavy atom. The monoisotopic (exact) mass is 283 g/mol. The van der Waals surface area contributed by atoms with Gasteiger partial charge >= 0.3 is 0 Å². The van der Waals surface area contributed by atoms with Gasteiger partial charge in [0.2, 0.25) is 11.1 Å². The zero-order chi connectivity index (χ0) is 13.7. The third kappa shape index (κ3) is 4.19. The molecule has 1 aliphatic carbocycles. The minimum absolute atomic E-state index is 0.0681. The van der Waals surface area contributed by atoms with E-state index in [9.17, 15) is 4.79 Å². The van der Waals surface area contributed by atoms with Gasteiger partial charge in [-0.25, -0.2) is 4.68 Å². The molecule has 2 rings (SSSR count). The lowest BCUT2D eigenvalue weighted by Gasteiger charge is -2.22. The molecular formula is C12H21N5OS. The number of carbonyl (C=O) groups is 1. The molecule has 106 valence electrons. The number of hydrogen-bond acceptors (Lipinski definition) is 5. The summed E-state index contributed by atoms with van der Waals surface area (Å²) in [5, 5.41) is 14.7. The molecule has 1 heterocycles. The average Bonchev–Trinajstić information content (AvgIpc) is 2.82. The Morgan fingerprint density at radius 2 is 2.21 bits per heavy atom. The third-order valence-corrected chi connectivity index (χ3v) is 4.65. The number of aromatic nitrogens is 4. The highest BCUT2D eigenvalue weighted by Crippen LogP contribution is 2.23. The molecule has 1 N–H and O–H groups in total. The smallest absolute Gasteiger partial charge is 0.233 e. The van der Waals surface area contributed by atoms with E-state index in [-0.39, 0.29) is 11.2 Å². The fourth-order valence-electron chi connectivity index (χ4n) is 2.31. The van der Waals surface area contributed by atoms with Gasteiger partial charge in [0.1, 0.15) is 0 Å². The van der Waals surface area contributed by atoms with Crippen LogP contribution in [0.2, 0.25) is 0 Å². The number of tetrazole rings is 1. The molecule has 1 fully saturated rings. The minimum Gasteiger partial charge on any atom is -0.355 e. The van der Waals surface area contributed by atoms with Crippen molar-refractivity contribution in [3.63, 3.8) is 0 Å². The zero-order valence-electron chi connectivity index (χ0n) is 11.5. The lowest BCUT2D eigenvalue weighted by molar-refractivity contribution is -0.120. The summed E-state index contributed by atoms with van der Waals surface area (Å²) in [6.45, 7) is 2.69. The normalized spacial score (nSPS) is 18.2. The Labute approximate surface area is 117 Å². The number of nitrogens with one attached hydrogen (secondary N) is 1. The molecule has 19 heavy (non-hydrogen) atoms. The number of aryl methyl sites for hydroxylation is 1. The highest BCUT2D eigenvalue weighted by molar-refractivity contribution is 8.00. The van der Waals surface area contributed by atoms with Gasteiger partial charge in [-0.1, -0.05) is 31.0 Å². The first kappa shape index (κ1) is 14.3. The number of amides is 1. The molecule has 0 saturated heterocycles. The van der Waals surface area contributed by atoms with E-state index in [0.717, 1.165) is 6.54 Å². The van der Waals surface area contributed by atoms with Crippen LogP contribution in [0.5, 0.6) is 0 Å². The molecule has 7 heteroatoms. The molecular weight excluding hydrogens is 262 g/mol. The van der Waals surface area contributed by atoms with Crippen LogP contribution in [-0.2, 0) is 11.8 Å². The minimum atomic E-state index is -0.173. The van der Waals surface area contributed by atoms with Crippen LogP contribution >= 0.6 is 11.8 Å². The molecule has 0 spiro atoms. The molecule has 0 radical (unpaired) electrons. The molecule has 1 aromatic rings. The van der Waals surface area contributed by atoms with Gasteiger partial charge in [0.15, 0.2) is 0 Å². The lowest BCUT2D eigenvalue weighted by atomic mass is 9.89. The van der Waals surface area contributed by atoms with Crippen molar-refractivity contribution in [2.24, 2.45) is 13.0 Å². The van der Waals surface area contributed by atoms with Gasteiger partial charge in [0, 0.05) is 13.6 Å². The Bertz CT molecular complexity index is 416. The first-order valence-electron chi connectivity index (χ1n) is 6.83. The summed E-state index contributed by atoms with van der Waals surface area (Å²) in [6.07, 6.45) is 6.44. The van der Waals surface area contributed by atoms with Gasteiger partial charge in [-0.05, 0) is 36.1 Å². The second kappa shape index (κ2) is 6.88. The van der Waals surface area contributed by atoms with Gasteiger partial charge in [-0.3, -0.25) is 4.79 Å². The predicted molar refractivity (Wildman–Crippen MR) is 73.7 cm³/mol.